The molecule has 0 aromatic heterocycles. The molecule has 0 aromatic rings. The Morgan fingerprint density at radius 2 is 2.60 bits per heavy atom. The van der Waals surface area contributed by atoms with Gasteiger partial charge in [-0.05, 0) is 6.92 Å². The van der Waals surface area contributed by atoms with Crippen LogP contribution in [0.5, 0.6) is 0 Å². The Morgan fingerprint density at radius 3 is 3.00 bits per heavy atom. The lowest BCUT2D eigenvalue weighted by atomic mass is 10.0. The first-order chi connectivity index (χ1) is 4.69. The highest BCUT2D eigenvalue weighted by atomic mass is 16.5. The molecule has 1 atom stereocenters. The molecule has 0 saturated carbocycles. The Kier molecular flexibility index (Phi) is 1.61. The third-order valence-electron chi connectivity index (χ3n) is 1.54. The van der Waals surface area contributed by atoms with E-state index in [4.69, 9.17) is 0 Å². The van der Waals surface area contributed by atoms with E-state index < -0.39 is 5.54 Å². The summed E-state index contributed by atoms with van der Waals surface area (Å²) in [5.74, 6) is -0.273. The molecule has 0 radical (unpaired) electrons. The molecule has 0 aromatic carbocycles. The quantitative estimate of drug-likeness (QED) is 0.520. The van der Waals surface area contributed by atoms with Crippen LogP contribution in [0.3, 0.4) is 0 Å². The molecule has 0 fully saturated rings. The first kappa shape index (κ1) is 7.05. The summed E-state index contributed by atoms with van der Waals surface area (Å²) in [4.78, 5) is 11.0. The van der Waals surface area contributed by atoms with Crippen LogP contribution >= 0.6 is 0 Å². The van der Waals surface area contributed by atoms with Crippen molar-refractivity contribution < 1.29 is 9.53 Å². The van der Waals surface area contributed by atoms with Crippen molar-refractivity contribution >= 4 is 12.2 Å². The van der Waals surface area contributed by atoms with E-state index in [-0.39, 0.29) is 5.97 Å². The van der Waals surface area contributed by atoms with Crippen LogP contribution in [0.15, 0.2) is 5.10 Å². The van der Waals surface area contributed by atoms with Gasteiger partial charge in [-0.25, -0.2) is 4.79 Å². The monoisotopic (exact) mass is 142 g/mol. The first-order valence-electron chi connectivity index (χ1n) is 3.06. The fourth-order valence-corrected chi connectivity index (χ4v) is 0.816. The molecular formula is C6H10N2O2. The number of hydrazone groups is 1. The molecule has 1 unspecified atom stereocenters. The summed E-state index contributed by atoms with van der Waals surface area (Å²) >= 11 is 0. The lowest BCUT2D eigenvalue weighted by Crippen LogP contribution is -2.44. The van der Waals surface area contributed by atoms with Crippen LogP contribution in [0.1, 0.15) is 13.3 Å². The third kappa shape index (κ3) is 0.964. The van der Waals surface area contributed by atoms with Gasteiger partial charge in [0, 0.05) is 12.6 Å². The molecule has 0 aliphatic carbocycles. The lowest BCUT2D eigenvalue weighted by Gasteiger charge is -2.18. The molecule has 10 heavy (non-hydrogen) atoms. The average Bonchev–Trinajstić information content (AvgIpc) is 2.36. The molecular weight excluding hydrogens is 132 g/mol. The number of esters is 1. The zero-order valence-corrected chi connectivity index (χ0v) is 6.05. The summed E-state index contributed by atoms with van der Waals surface area (Å²) < 4.78 is 4.56. The zero-order valence-electron chi connectivity index (χ0n) is 6.05. The second-order valence-electron chi connectivity index (χ2n) is 2.45. The predicted molar refractivity (Wildman–Crippen MR) is 36.7 cm³/mol. The summed E-state index contributed by atoms with van der Waals surface area (Å²) in [6, 6.07) is 0. The standard InChI is InChI=1S/C6H10N2O2/c1-6(5(9)10-2)3-4-7-8-6/h4,8H,3H2,1-2H3. The van der Waals surface area contributed by atoms with Crippen molar-refractivity contribution in [2.75, 3.05) is 7.11 Å². The molecule has 56 valence electrons. The molecule has 0 saturated heterocycles. The number of carbonyl (C=O) groups excluding carboxylic acids is 1. The summed E-state index contributed by atoms with van der Waals surface area (Å²) in [5, 5.41) is 3.73. The maximum atomic E-state index is 11.0. The largest absolute Gasteiger partial charge is 0.467 e. The minimum absolute atomic E-state index is 0.273. The highest BCUT2D eigenvalue weighted by molar-refractivity contribution is 5.85. The van der Waals surface area contributed by atoms with Gasteiger partial charge in [-0.1, -0.05) is 0 Å². The van der Waals surface area contributed by atoms with E-state index >= 15 is 0 Å². The normalized spacial score (nSPS) is 29.8. The molecule has 0 spiro atoms. The molecule has 1 heterocycles. The SMILES string of the molecule is COC(=O)C1(C)CC=NN1. The molecule has 1 aliphatic heterocycles. The molecule has 4 nitrogen and oxygen atoms in total. The average molecular weight is 142 g/mol. The second-order valence-corrected chi connectivity index (χ2v) is 2.45. The molecule has 1 N–H and O–H groups in total. The van der Waals surface area contributed by atoms with Gasteiger partial charge in [0.2, 0.25) is 0 Å². The number of rotatable bonds is 1. The van der Waals surface area contributed by atoms with Gasteiger partial charge in [-0.3, -0.25) is 5.43 Å². The molecule has 1 aliphatic rings. The number of ether oxygens (including phenoxy) is 1. The van der Waals surface area contributed by atoms with Gasteiger partial charge in [0.1, 0.15) is 0 Å². The molecule has 0 amide bonds. The summed E-state index contributed by atoms with van der Waals surface area (Å²) in [6.07, 6.45) is 2.26. The van der Waals surface area contributed by atoms with E-state index in [9.17, 15) is 4.79 Å². The highest BCUT2D eigenvalue weighted by Crippen LogP contribution is 2.13. The van der Waals surface area contributed by atoms with Gasteiger partial charge >= 0.3 is 5.97 Å². The van der Waals surface area contributed by atoms with Crippen molar-refractivity contribution in [3.8, 4) is 0 Å². The van der Waals surface area contributed by atoms with Gasteiger partial charge in [-0.2, -0.15) is 5.10 Å². The van der Waals surface area contributed by atoms with E-state index in [1.165, 1.54) is 7.11 Å². The maximum Gasteiger partial charge on any atom is 0.333 e. The Hall–Kier alpha value is -1.06. The van der Waals surface area contributed by atoms with Crippen LogP contribution < -0.4 is 5.43 Å². The van der Waals surface area contributed by atoms with Gasteiger partial charge in [0.15, 0.2) is 5.54 Å². The first-order valence-corrected chi connectivity index (χ1v) is 3.06. The lowest BCUT2D eigenvalue weighted by molar-refractivity contribution is -0.147. The van der Waals surface area contributed by atoms with Gasteiger partial charge in [0.25, 0.3) is 0 Å². The number of hydrogen-bond acceptors (Lipinski definition) is 4. The van der Waals surface area contributed by atoms with Crippen molar-refractivity contribution in [1.82, 2.24) is 5.43 Å². The summed E-state index contributed by atoms with van der Waals surface area (Å²) in [6.45, 7) is 1.76. The van der Waals surface area contributed by atoms with E-state index in [0.29, 0.717) is 6.42 Å². The number of methoxy groups -OCH3 is 1. The van der Waals surface area contributed by atoms with E-state index in [2.05, 4.69) is 15.3 Å². The van der Waals surface area contributed by atoms with Gasteiger partial charge in [0.05, 0.1) is 7.11 Å². The highest BCUT2D eigenvalue weighted by Gasteiger charge is 2.35. The topological polar surface area (TPSA) is 50.7 Å². The number of carbonyl (C=O) groups is 1. The van der Waals surface area contributed by atoms with Crippen LogP contribution in [0.25, 0.3) is 0 Å². The molecule has 4 heteroatoms. The Labute approximate surface area is 59.2 Å². The van der Waals surface area contributed by atoms with Gasteiger partial charge < -0.3 is 4.74 Å². The smallest absolute Gasteiger partial charge is 0.333 e. The van der Waals surface area contributed by atoms with E-state index in [1.54, 1.807) is 13.1 Å². The number of nitrogens with one attached hydrogen (secondary N) is 1. The fourth-order valence-electron chi connectivity index (χ4n) is 0.816. The Morgan fingerprint density at radius 1 is 1.90 bits per heavy atom. The minimum atomic E-state index is -0.630. The minimum Gasteiger partial charge on any atom is -0.467 e. The van der Waals surface area contributed by atoms with E-state index in [1.807, 2.05) is 0 Å². The van der Waals surface area contributed by atoms with Crippen LogP contribution in [-0.4, -0.2) is 24.8 Å². The summed E-state index contributed by atoms with van der Waals surface area (Å²) in [7, 11) is 1.37. The van der Waals surface area contributed by atoms with Crippen molar-refractivity contribution in [2.45, 2.75) is 18.9 Å². The maximum absolute atomic E-state index is 11.0. The summed E-state index contributed by atoms with van der Waals surface area (Å²) in [5.41, 5.74) is 2.05. The van der Waals surface area contributed by atoms with Gasteiger partial charge in [-0.15, -0.1) is 0 Å². The number of nitrogens with zero attached hydrogens (tertiary/aromatic N) is 1. The predicted octanol–water partition coefficient (Wildman–Crippen LogP) is -0.103. The zero-order chi connectivity index (χ0) is 7.61. The van der Waals surface area contributed by atoms with Crippen molar-refractivity contribution in [2.24, 2.45) is 5.10 Å². The number of hydrogen-bond donors (Lipinski definition) is 1. The van der Waals surface area contributed by atoms with Crippen LogP contribution in [0.4, 0.5) is 0 Å². The Bertz CT molecular complexity index is 169. The second kappa shape index (κ2) is 2.28. The van der Waals surface area contributed by atoms with E-state index in [0.717, 1.165) is 0 Å². The molecule has 1 rings (SSSR count). The van der Waals surface area contributed by atoms with Crippen molar-refractivity contribution in [3.05, 3.63) is 0 Å². The third-order valence-corrected chi connectivity index (χ3v) is 1.54. The van der Waals surface area contributed by atoms with Crippen molar-refractivity contribution in [1.29, 1.82) is 0 Å². The fraction of sp³-hybridized carbons (Fsp3) is 0.667. The van der Waals surface area contributed by atoms with Crippen LogP contribution in [0.2, 0.25) is 0 Å². The van der Waals surface area contributed by atoms with Crippen LogP contribution in [0, 0.1) is 0 Å². The molecule has 0 bridgehead atoms. The van der Waals surface area contributed by atoms with Crippen molar-refractivity contribution in [3.63, 3.8) is 0 Å². The Balaban J connectivity index is 2.61. The van der Waals surface area contributed by atoms with Crippen LogP contribution in [-0.2, 0) is 9.53 Å².